The van der Waals surface area contributed by atoms with E-state index in [1.54, 1.807) is 42.5 Å². The van der Waals surface area contributed by atoms with Gasteiger partial charge in [0.15, 0.2) is 5.78 Å². The molecule has 0 bridgehead atoms. The van der Waals surface area contributed by atoms with Crippen molar-refractivity contribution in [2.45, 2.75) is 0 Å². The minimum atomic E-state index is -0.0252. The molecule has 0 unspecified atom stereocenters. The largest absolute Gasteiger partial charge is 0.289 e. The van der Waals surface area contributed by atoms with Gasteiger partial charge < -0.3 is 0 Å². The first-order valence-electron chi connectivity index (χ1n) is 4.83. The van der Waals surface area contributed by atoms with E-state index in [2.05, 4.69) is 22.6 Å². The molecule has 0 aromatic heterocycles. The van der Waals surface area contributed by atoms with Gasteiger partial charge in [-0.1, -0.05) is 23.2 Å². The number of halogens is 3. The van der Waals surface area contributed by atoms with Gasteiger partial charge in [0.2, 0.25) is 0 Å². The summed E-state index contributed by atoms with van der Waals surface area (Å²) >= 11 is 13.7. The molecule has 0 radical (unpaired) electrons. The van der Waals surface area contributed by atoms with Crippen LogP contribution in [0.3, 0.4) is 0 Å². The average molecular weight is 377 g/mol. The lowest BCUT2D eigenvalue weighted by molar-refractivity contribution is 0.103. The molecular formula is C13H7Cl2IO. The number of benzene rings is 2. The smallest absolute Gasteiger partial charge is 0.194 e. The third-order valence-electron chi connectivity index (χ3n) is 2.28. The zero-order chi connectivity index (χ0) is 12.4. The van der Waals surface area contributed by atoms with Crippen molar-refractivity contribution in [1.29, 1.82) is 0 Å². The first-order valence-corrected chi connectivity index (χ1v) is 6.67. The van der Waals surface area contributed by atoms with E-state index in [1.807, 2.05) is 0 Å². The van der Waals surface area contributed by atoms with E-state index in [0.29, 0.717) is 21.2 Å². The molecule has 0 spiro atoms. The molecule has 0 amide bonds. The Labute approximate surface area is 123 Å². The molecule has 0 heterocycles. The number of hydrogen-bond acceptors (Lipinski definition) is 1. The maximum absolute atomic E-state index is 12.2. The highest BCUT2D eigenvalue weighted by atomic mass is 127. The third kappa shape index (κ3) is 3.00. The summed E-state index contributed by atoms with van der Waals surface area (Å²) in [6.45, 7) is 0. The minimum Gasteiger partial charge on any atom is -0.289 e. The lowest BCUT2D eigenvalue weighted by atomic mass is 10.0. The van der Waals surface area contributed by atoms with Crippen LogP contribution in [0.1, 0.15) is 15.9 Å². The normalized spacial score (nSPS) is 10.3. The maximum atomic E-state index is 12.2. The molecule has 17 heavy (non-hydrogen) atoms. The van der Waals surface area contributed by atoms with E-state index in [1.165, 1.54) is 0 Å². The molecule has 0 N–H and O–H groups in total. The highest BCUT2D eigenvalue weighted by Gasteiger charge is 2.12. The molecule has 2 aromatic rings. The quantitative estimate of drug-likeness (QED) is 0.542. The van der Waals surface area contributed by atoms with Crippen LogP contribution in [0, 0.1) is 3.57 Å². The van der Waals surface area contributed by atoms with Crippen LogP contribution in [0.2, 0.25) is 10.0 Å². The molecule has 86 valence electrons. The van der Waals surface area contributed by atoms with E-state index in [9.17, 15) is 4.79 Å². The zero-order valence-electron chi connectivity index (χ0n) is 8.58. The summed E-state index contributed by atoms with van der Waals surface area (Å²) in [5.74, 6) is -0.0252. The topological polar surface area (TPSA) is 17.1 Å². The fourth-order valence-corrected chi connectivity index (χ4v) is 2.67. The van der Waals surface area contributed by atoms with Gasteiger partial charge in [-0.3, -0.25) is 4.79 Å². The Morgan fingerprint density at radius 2 is 1.53 bits per heavy atom. The summed E-state index contributed by atoms with van der Waals surface area (Å²) in [5.41, 5.74) is 1.27. The second kappa shape index (κ2) is 5.38. The van der Waals surface area contributed by atoms with Crippen LogP contribution in [0.25, 0.3) is 0 Å². The first kappa shape index (κ1) is 12.9. The van der Waals surface area contributed by atoms with Crippen LogP contribution in [-0.2, 0) is 0 Å². The van der Waals surface area contributed by atoms with Gasteiger partial charge in [-0.15, -0.1) is 0 Å². The number of rotatable bonds is 2. The molecule has 1 nitrogen and oxygen atoms in total. The molecule has 0 saturated heterocycles. The summed E-state index contributed by atoms with van der Waals surface area (Å²) < 4.78 is 0.843. The summed E-state index contributed by atoms with van der Waals surface area (Å²) in [5, 5.41) is 1.24. The van der Waals surface area contributed by atoms with Crippen LogP contribution >= 0.6 is 45.8 Å². The van der Waals surface area contributed by atoms with Gasteiger partial charge in [-0.2, -0.15) is 0 Å². The van der Waals surface area contributed by atoms with Crippen LogP contribution in [0.15, 0.2) is 42.5 Å². The lowest BCUT2D eigenvalue weighted by Crippen LogP contribution is -2.03. The fourth-order valence-electron chi connectivity index (χ4n) is 1.43. The van der Waals surface area contributed by atoms with Gasteiger partial charge in [0.1, 0.15) is 0 Å². The molecule has 2 aromatic carbocycles. The number of carbonyl (C=O) groups is 1. The van der Waals surface area contributed by atoms with Crippen molar-refractivity contribution >= 4 is 51.6 Å². The third-order valence-corrected chi connectivity index (χ3v) is 3.66. The van der Waals surface area contributed by atoms with Crippen molar-refractivity contribution in [1.82, 2.24) is 0 Å². The Morgan fingerprint density at radius 3 is 2.12 bits per heavy atom. The zero-order valence-corrected chi connectivity index (χ0v) is 12.3. The van der Waals surface area contributed by atoms with Crippen molar-refractivity contribution in [2.24, 2.45) is 0 Å². The second-order valence-electron chi connectivity index (χ2n) is 3.46. The standard InChI is InChI=1S/C13H7Cl2IO/c14-9-3-1-8(2-4-9)13(17)11-6-5-10(15)7-12(11)16/h1-7H. The number of ketones is 1. The van der Waals surface area contributed by atoms with Gasteiger partial charge in [0.25, 0.3) is 0 Å². The van der Waals surface area contributed by atoms with Gasteiger partial charge in [-0.25, -0.2) is 0 Å². The van der Waals surface area contributed by atoms with Gasteiger partial charge in [0.05, 0.1) is 0 Å². The molecule has 0 atom stereocenters. The molecule has 0 aliphatic carbocycles. The molecule has 4 heteroatoms. The Bertz CT molecular complexity index is 564. The molecule has 0 aliphatic heterocycles. The van der Waals surface area contributed by atoms with Crippen molar-refractivity contribution in [3.05, 3.63) is 67.2 Å². The van der Waals surface area contributed by atoms with Gasteiger partial charge in [0, 0.05) is 24.7 Å². The van der Waals surface area contributed by atoms with Crippen molar-refractivity contribution in [3.8, 4) is 0 Å². The van der Waals surface area contributed by atoms with Gasteiger partial charge >= 0.3 is 0 Å². The maximum Gasteiger partial charge on any atom is 0.194 e. The Balaban J connectivity index is 2.40. The van der Waals surface area contributed by atoms with Gasteiger partial charge in [-0.05, 0) is 65.1 Å². The predicted octanol–water partition coefficient (Wildman–Crippen LogP) is 4.83. The van der Waals surface area contributed by atoms with Crippen LogP contribution in [-0.4, -0.2) is 5.78 Å². The SMILES string of the molecule is O=C(c1ccc(Cl)cc1)c1ccc(Cl)cc1I. The Kier molecular flexibility index (Phi) is 4.07. The average Bonchev–Trinajstić information content (AvgIpc) is 2.29. The van der Waals surface area contributed by atoms with E-state index in [0.717, 1.165) is 3.57 Å². The molecule has 0 fully saturated rings. The highest BCUT2D eigenvalue weighted by molar-refractivity contribution is 14.1. The van der Waals surface area contributed by atoms with E-state index < -0.39 is 0 Å². The van der Waals surface area contributed by atoms with Crippen molar-refractivity contribution < 1.29 is 4.79 Å². The van der Waals surface area contributed by atoms with Crippen LogP contribution in [0.5, 0.6) is 0 Å². The van der Waals surface area contributed by atoms with E-state index >= 15 is 0 Å². The summed E-state index contributed by atoms with van der Waals surface area (Å²) in [4.78, 5) is 12.2. The fraction of sp³-hybridized carbons (Fsp3) is 0. The minimum absolute atomic E-state index is 0.0252. The lowest BCUT2D eigenvalue weighted by Gasteiger charge is -2.04. The molecule has 0 saturated carbocycles. The van der Waals surface area contributed by atoms with E-state index in [-0.39, 0.29) is 5.78 Å². The second-order valence-corrected chi connectivity index (χ2v) is 5.50. The van der Waals surface area contributed by atoms with E-state index in [4.69, 9.17) is 23.2 Å². The van der Waals surface area contributed by atoms with Crippen molar-refractivity contribution in [2.75, 3.05) is 0 Å². The summed E-state index contributed by atoms with van der Waals surface area (Å²) in [7, 11) is 0. The van der Waals surface area contributed by atoms with Crippen LogP contribution < -0.4 is 0 Å². The monoisotopic (exact) mass is 376 g/mol. The Morgan fingerprint density at radius 1 is 0.941 bits per heavy atom. The summed E-state index contributed by atoms with van der Waals surface area (Å²) in [6, 6.07) is 12.1. The molecule has 0 aliphatic rings. The Hall–Kier alpha value is -0.580. The summed E-state index contributed by atoms with van der Waals surface area (Å²) in [6.07, 6.45) is 0. The predicted molar refractivity (Wildman–Crippen MR) is 79.1 cm³/mol. The first-order chi connectivity index (χ1) is 8.08. The van der Waals surface area contributed by atoms with Crippen molar-refractivity contribution in [3.63, 3.8) is 0 Å². The molecule has 2 rings (SSSR count). The number of hydrogen-bond donors (Lipinski definition) is 0. The van der Waals surface area contributed by atoms with Crippen LogP contribution in [0.4, 0.5) is 0 Å². The highest BCUT2D eigenvalue weighted by Crippen LogP contribution is 2.21. The molecular weight excluding hydrogens is 370 g/mol. The number of carbonyl (C=O) groups excluding carboxylic acids is 1.